The molecule has 4 rings (SSSR count). The Bertz CT molecular complexity index is 1130. The molecule has 1 aliphatic heterocycles. The lowest BCUT2D eigenvalue weighted by atomic mass is 10.1. The quantitative estimate of drug-likeness (QED) is 0.574. The maximum Gasteiger partial charge on any atom is 0.244 e. The number of halogens is 1. The maximum absolute atomic E-state index is 13.7. The smallest absolute Gasteiger partial charge is 0.244 e. The number of anilines is 1. The first kappa shape index (κ1) is 22.9. The number of amides is 1. The van der Waals surface area contributed by atoms with Crippen LogP contribution in [0.25, 0.3) is 11.3 Å². The molecule has 0 aliphatic carbocycles. The number of hydrogen-bond donors (Lipinski definition) is 0. The number of aryl methyl sites for hydroxylation is 2. The van der Waals surface area contributed by atoms with Gasteiger partial charge in [0.1, 0.15) is 24.5 Å². The number of nitrogens with zero attached hydrogens (tertiary/aromatic N) is 6. The Morgan fingerprint density at radius 1 is 1.06 bits per heavy atom. The van der Waals surface area contributed by atoms with Crippen molar-refractivity contribution in [3.05, 3.63) is 59.4 Å². The lowest BCUT2D eigenvalue weighted by Gasteiger charge is -2.35. The largest absolute Gasteiger partial charge is 0.353 e. The summed E-state index contributed by atoms with van der Waals surface area (Å²) in [4.78, 5) is 25.7. The van der Waals surface area contributed by atoms with Crippen molar-refractivity contribution in [2.45, 2.75) is 40.7 Å². The molecule has 1 fully saturated rings. The predicted molar refractivity (Wildman–Crippen MR) is 126 cm³/mol. The van der Waals surface area contributed by atoms with Crippen molar-refractivity contribution >= 4 is 11.7 Å². The molecule has 1 amide bonds. The molecular weight excluding hydrogens is 419 g/mol. The van der Waals surface area contributed by atoms with Gasteiger partial charge in [0.15, 0.2) is 0 Å². The second-order valence-corrected chi connectivity index (χ2v) is 9.13. The van der Waals surface area contributed by atoms with Crippen LogP contribution in [0.15, 0.2) is 36.7 Å². The number of benzene rings is 1. The minimum atomic E-state index is -0.230. The first-order valence-corrected chi connectivity index (χ1v) is 11.4. The highest BCUT2D eigenvalue weighted by atomic mass is 19.1. The summed E-state index contributed by atoms with van der Waals surface area (Å²) < 4.78 is 15.5. The van der Waals surface area contributed by atoms with Crippen LogP contribution in [0.2, 0.25) is 0 Å². The molecule has 3 heterocycles. The number of carbonyl (C=O) groups is 1. The third kappa shape index (κ3) is 5.38. The summed E-state index contributed by atoms with van der Waals surface area (Å²) in [5.74, 6) is 1.16. The van der Waals surface area contributed by atoms with Gasteiger partial charge in [-0.05, 0) is 56.0 Å². The van der Waals surface area contributed by atoms with Gasteiger partial charge >= 0.3 is 0 Å². The average Bonchev–Trinajstić information content (AvgIpc) is 3.17. The van der Waals surface area contributed by atoms with Gasteiger partial charge in [0.2, 0.25) is 5.91 Å². The minimum absolute atomic E-state index is 0.0588. The highest BCUT2D eigenvalue weighted by molar-refractivity contribution is 5.76. The molecule has 33 heavy (non-hydrogen) atoms. The van der Waals surface area contributed by atoms with E-state index in [0.717, 1.165) is 48.0 Å². The second-order valence-electron chi connectivity index (χ2n) is 9.13. The van der Waals surface area contributed by atoms with E-state index in [1.165, 1.54) is 6.07 Å². The van der Waals surface area contributed by atoms with E-state index in [-0.39, 0.29) is 18.3 Å². The third-order valence-electron chi connectivity index (χ3n) is 5.97. The first-order chi connectivity index (χ1) is 15.8. The normalized spacial score (nSPS) is 14.2. The number of piperazine rings is 1. The molecular formula is C25H31FN6O. The van der Waals surface area contributed by atoms with E-state index in [9.17, 15) is 9.18 Å². The summed E-state index contributed by atoms with van der Waals surface area (Å²) in [6, 6.07) is 9.00. The Hall–Kier alpha value is -3.29. The van der Waals surface area contributed by atoms with Gasteiger partial charge in [-0.25, -0.2) is 14.4 Å². The van der Waals surface area contributed by atoms with Gasteiger partial charge in [0.25, 0.3) is 0 Å². The number of hydrogen-bond acceptors (Lipinski definition) is 5. The van der Waals surface area contributed by atoms with Gasteiger partial charge in [-0.2, -0.15) is 5.10 Å². The Labute approximate surface area is 194 Å². The van der Waals surface area contributed by atoms with Gasteiger partial charge in [0, 0.05) is 49.2 Å². The van der Waals surface area contributed by atoms with Crippen LogP contribution in [0.1, 0.15) is 30.8 Å². The molecule has 3 aromatic rings. The van der Waals surface area contributed by atoms with E-state index in [0.29, 0.717) is 24.6 Å². The Morgan fingerprint density at radius 3 is 2.48 bits per heavy atom. The summed E-state index contributed by atoms with van der Waals surface area (Å²) in [5, 5.41) is 4.73. The van der Waals surface area contributed by atoms with Crippen LogP contribution in [0.3, 0.4) is 0 Å². The lowest BCUT2D eigenvalue weighted by Crippen LogP contribution is -2.50. The summed E-state index contributed by atoms with van der Waals surface area (Å²) in [6.07, 6.45) is 2.40. The van der Waals surface area contributed by atoms with Crippen molar-refractivity contribution < 1.29 is 9.18 Å². The van der Waals surface area contributed by atoms with E-state index < -0.39 is 0 Å². The molecule has 0 radical (unpaired) electrons. The van der Waals surface area contributed by atoms with E-state index in [1.807, 2.05) is 28.6 Å². The fourth-order valence-electron chi connectivity index (χ4n) is 4.15. The molecule has 2 aromatic heterocycles. The van der Waals surface area contributed by atoms with Crippen molar-refractivity contribution in [3.63, 3.8) is 0 Å². The molecule has 1 saturated heterocycles. The van der Waals surface area contributed by atoms with E-state index >= 15 is 0 Å². The number of rotatable bonds is 6. The number of aromatic nitrogens is 4. The van der Waals surface area contributed by atoms with Crippen molar-refractivity contribution in [3.8, 4) is 11.3 Å². The van der Waals surface area contributed by atoms with Crippen molar-refractivity contribution in [1.29, 1.82) is 0 Å². The molecule has 0 unspecified atom stereocenters. The van der Waals surface area contributed by atoms with Gasteiger partial charge < -0.3 is 9.80 Å². The summed E-state index contributed by atoms with van der Waals surface area (Å²) in [7, 11) is 0. The maximum atomic E-state index is 13.7. The van der Waals surface area contributed by atoms with Crippen LogP contribution in [-0.4, -0.2) is 56.7 Å². The lowest BCUT2D eigenvalue weighted by molar-refractivity contribution is -0.132. The standard InChI is InChI=1S/C25H31FN6O/c1-17(2)11-21-14-23(20-5-6-22(26)18(3)12-20)29-32(21)15-25(33)31-9-7-30(8-10-31)24-13-19(4)27-16-28-24/h5-6,12-14,16-17H,7-11,15H2,1-4H3. The van der Waals surface area contributed by atoms with Crippen LogP contribution in [0.4, 0.5) is 10.2 Å². The zero-order chi connectivity index (χ0) is 23.5. The van der Waals surface area contributed by atoms with Gasteiger partial charge in [-0.15, -0.1) is 0 Å². The van der Waals surface area contributed by atoms with Crippen LogP contribution in [0, 0.1) is 25.6 Å². The van der Waals surface area contributed by atoms with Crippen molar-refractivity contribution in [2.24, 2.45) is 5.92 Å². The minimum Gasteiger partial charge on any atom is -0.353 e. The van der Waals surface area contributed by atoms with Crippen LogP contribution < -0.4 is 4.90 Å². The molecule has 0 N–H and O–H groups in total. The number of carbonyl (C=O) groups excluding carboxylic acids is 1. The third-order valence-corrected chi connectivity index (χ3v) is 5.97. The summed E-state index contributed by atoms with van der Waals surface area (Å²) in [5.41, 5.74) is 4.16. The molecule has 1 aliphatic rings. The van der Waals surface area contributed by atoms with Crippen LogP contribution in [-0.2, 0) is 17.8 Å². The van der Waals surface area contributed by atoms with Crippen LogP contribution in [0.5, 0.6) is 0 Å². The molecule has 0 spiro atoms. The monoisotopic (exact) mass is 450 g/mol. The van der Waals surface area contributed by atoms with Crippen molar-refractivity contribution in [1.82, 2.24) is 24.6 Å². The Balaban J connectivity index is 1.46. The van der Waals surface area contributed by atoms with E-state index in [2.05, 4.69) is 28.7 Å². The average molecular weight is 451 g/mol. The fourth-order valence-corrected chi connectivity index (χ4v) is 4.15. The fraction of sp³-hybridized carbons (Fsp3) is 0.440. The summed E-state index contributed by atoms with van der Waals surface area (Å²) >= 11 is 0. The van der Waals surface area contributed by atoms with E-state index in [1.54, 1.807) is 25.4 Å². The second kappa shape index (κ2) is 9.68. The van der Waals surface area contributed by atoms with Gasteiger partial charge in [0.05, 0.1) is 5.69 Å². The van der Waals surface area contributed by atoms with Gasteiger partial charge in [-0.1, -0.05) is 13.8 Å². The summed E-state index contributed by atoms with van der Waals surface area (Å²) in [6.45, 7) is 11.0. The Morgan fingerprint density at radius 2 is 1.82 bits per heavy atom. The zero-order valence-corrected chi connectivity index (χ0v) is 19.8. The molecule has 0 atom stereocenters. The van der Waals surface area contributed by atoms with E-state index in [4.69, 9.17) is 5.10 Å². The SMILES string of the molecule is Cc1cc(N2CCN(C(=O)Cn3nc(-c4ccc(F)c(C)c4)cc3CC(C)C)CC2)ncn1. The molecule has 0 bridgehead atoms. The topological polar surface area (TPSA) is 67.2 Å². The predicted octanol–water partition coefficient (Wildman–Crippen LogP) is 3.64. The molecule has 1 aromatic carbocycles. The van der Waals surface area contributed by atoms with Crippen molar-refractivity contribution in [2.75, 3.05) is 31.1 Å². The molecule has 0 saturated carbocycles. The zero-order valence-electron chi connectivity index (χ0n) is 19.8. The Kier molecular flexibility index (Phi) is 6.72. The molecule has 7 nitrogen and oxygen atoms in total. The van der Waals surface area contributed by atoms with Crippen LogP contribution >= 0.6 is 0 Å². The molecule has 174 valence electrons. The highest BCUT2D eigenvalue weighted by Gasteiger charge is 2.23. The first-order valence-electron chi connectivity index (χ1n) is 11.4. The van der Waals surface area contributed by atoms with Gasteiger partial charge in [-0.3, -0.25) is 9.48 Å². The molecule has 8 heteroatoms. The highest BCUT2D eigenvalue weighted by Crippen LogP contribution is 2.23.